The Morgan fingerprint density at radius 2 is 2.10 bits per heavy atom. The van der Waals surface area contributed by atoms with Gasteiger partial charge in [0.05, 0.1) is 4.88 Å². The van der Waals surface area contributed by atoms with Gasteiger partial charge >= 0.3 is 0 Å². The molecule has 0 atom stereocenters. The van der Waals surface area contributed by atoms with Gasteiger partial charge in [-0.3, -0.25) is 9.59 Å². The second-order valence-electron chi connectivity index (χ2n) is 5.21. The Hall–Kier alpha value is -2.14. The minimum absolute atomic E-state index is 0.0334. The fourth-order valence-electron chi connectivity index (χ4n) is 2.53. The Morgan fingerprint density at radius 1 is 1.29 bits per heavy atom. The molecular weight excluding hydrogens is 284 g/mol. The van der Waals surface area contributed by atoms with Crippen molar-refractivity contribution in [3.8, 4) is 0 Å². The van der Waals surface area contributed by atoms with Crippen molar-refractivity contribution in [3.63, 3.8) is 0 Å². The third-order valence-electron chi connectivity index (χ3n) is 3.57. The molecule has 1 N–H and O–H groups in total. The number of nitrogens with zero attached hydrogens (tertiary/aromatic N) is 1. The van der Waals surface area contributed by atoms with Gasteiger partial charge in [0.15, 0.2) is 0 Å². The molecule has 5 heteroatoms. The number of amides is 2. The van der Waals surface area contributed by atoms with E-state index in [1.807, 2.05) is 36.6 Å². The third-order valence-corrected chi connectivity index (χ3v) is 4.62. The monoisotopic (exact) mass is 300 g/mol. The van der Waals surface area contributed by atoms with Crippen LogP contribution in [0.15, 0.2) is 29.6 Å². The maximum Gasteiger partial charge on any atom is 0.265 e. The van der Waals surface area contributed by atoms with E-state index in [2.05, 4.69) is 5.32 Å². The van der Waals surface area contributed by atoms with Crippen molar-refractivity contribution in [1.82, 2.24) is 0 Å². The quantitative estimate of drug-likeness (QED) is 0.925. The van der Waals surface area contributed by atoms with Crippen LogP contribution in [0.5, 0.6) is 0 Å². The smallest absolute Gasteiger partial charge is 0.265 e. The zero-order valence-electron chi connectivity index (χ0n) is 12.0. The van der Waals surface area contributed by atoms with Crippen LogP contribution in [0.3, 0.4) is 0 Å². The highest BCUT2D eigenvalue weighted by atomic mass is 32.1. The molecule has 1 aliphatic heterocycles. The molecule has 0 spiro atoms. The number of rotatable bonds is 2. The summed E-state index contributed by atoms with van der Waals surface area (Å²) in [5.41, 5.74) is 3.86. The molecule has 0 bridgehead atoms. The van der Waals surface area contributed by atoms with Crippen LogP contribution >= 0.6 is 11.3 Å². The van der Waals surface area contributed by atoms with E-state index in [-0.39, 0.29) is 11.8 Å². The Labute approximate surface area is 127 Å². The summed E-state index contributed by atoms with van der Waals surface area (Å²) in [6.07, 6.45) is 0.868. The molecule has 1 aromatic heterocycles. The number of carbonyl (C=O) groups is 2. The van der Waals surface area contributed by atoms with Gasteiger partial charge < -0.3 is 10.2 Å². The molecule has 1 aliphatic rings. The van der Waals surface area contributed by atoms with Gasteiger partial charge in [-0.2, -0.15) is 0 Å². The van der Waals surface area contributed by atoms with Gasteiger partial charge in [-0.15, -0.1) is 11.3 Å². The lowest BCUT2D eigenvalue weighted by Gasteiger charge is -2.15. The molecule has 0 unspecified atom stereocenters. The van der Waals surface area contributed by atoms with E-state index in [1.165, 1.54) is 11.3 Å². The molecule has 0 aliphatic carbocycles. The van der Waals surface area contributed by atoms with Crippen molar-refractivity contribution in [2.75, 3.05) is 16.8 Å². The number of fused-ring (bicyclic) bond motifs is 1. The predicted octanol–water partition coefficient (Wildman–Crippen LogP) is 3.22. The van der Waals surface area contributed by atoms with E-state index < -0.39 is 0 Å². The first kappa shape index (κ1) is 13.8. The first-order chi connectivity index (χ1) is 10.0. The first-order valence-corrected chi connectivity index (χ1v) is 7.70. The zero-order valence-corrected chi connectivity index (χ0v) is 12.8. The number of thiophene rings is 1. The van der Waals surface area contributed by atoms with Crippen LogP contribution in [0.2, 0.25) is 0 Å². The molecule has 2 heterocycles. The Kier molecular flexibility index (Phi) is 3.51. The molecule has 1 aromatic carbocycles. The van der Waals surface area contributed by atoms with Gasteiger partial charge in [0, 0.05) is 24.8 Å². The average Bonchev–Trinajstić information content (AvgIpc) is 3.04. The summed E-state index contributed by atoms with van der Waals surface area (Å²) in [7, 11) is 0. The zero-order chi connectivity index (χ0) is 15.0. The highest BCUT2D eigenvalue weighted by Gasteiger charge is 2.22. The van der Waals surface area contributed by atoms with Crippen LogP contribution in [0.1, 0.15) is 27.7 Å². The van der Waals surface area contributed by atoms with Gasteiger partial charge in [-0.1, -0.05) is 6.07 Å². The Morgan fingerprint density at radius 3 is 2.76 bits per heavy atom. The predicted molar refractivity (Wildman–Crippen MR) is 85.2 cm³/mol. The van der Waals surface area contributed by atoms with E-state index in [0.717, 1.165) is 28.9 Å². The van der Waals surface area contributed by atoms with Crippen LogP contribution in [0, 0.1) is 6.92 Å². The topological polar surface area (TPSA) is 49.4 Å². The minimum Gasteiger partial charge on any atom is -0.321 e. The van der Waals surface area contributed by atoms with Crippen molar-refractivity contribution >= 4 is 34.5 Å². The molecule has 3 rings (SSSR count). The SMILES string of the molecule is CC(=O)N1CCc2ccc(NC(=O)c3cc(C)cs3)cc21. The van der Waals surface area contributed by atoms with Gasteiger partial charge in [-0.25, -0.2) is 0 Å². The summed E-state index contributed by atoms with van der Waals surface area (Å²) in [6.45, 7) is 4.24. The second-order valence-corrected chi connectivity index (χ2v) is 6.12. The summed E-state index contributed by atoms with van der Waals surface area (Å²) in [5, 5.41) is 4.85. The van der Waals surface area contributed by atoms with Crippen molar-refractivity contribution in [2.45, 2.75) is 20.3 Å². The van der Waals surface area contributed by atoms with Crippen LogP contribution in [-0.4, -0.2) is 18.4 Å². The largest absolute Gasteiger partial charge is 0.321 e. The van der Waals surface area contributed by atoms with E-state index in [4.69, 9.17) is 0 Å². The lowest BCUT2D eigenvalue weighted by Crippen LogP contribution is -2.25. The van der Waals surface area contributed by atoms with E-state index >= 15 is 0 Å². The van der Waals surface area contributed by atoms with Gasteiger partial charge in [-0.05, 0) is 48.1 Å². The molecule has 2 amide bonds. The van der Waals surface area contributed by atoms with E-state index in [9.17, 15) is 9.59 Å². The lowest BCUT2D eigenvalue weighted by molar-refractivity contribution is -0.116. The summed E-state index contributed by atoms with van der Waals surface area (Å²) in [6, 6.07) is 7.62. The number of benzene rings is 1. The third kappa shape index (κ3) is 2.69. The van der Waals surface area contributed by atoms with Crippen molar-refractivity contribution in [2.24, 2.45) is 0 Å². The molecular formula is C16H16N2O2S. The fraction of sp³-hybridized carbons (Fsp3) is 0.250. The normalized spacial score (nSPS) is 13.1. The van der Waals surface area contributed by atoms with Crippen molar-refractivity contribution in [1.29, 1.82) is 0 Å². The maximum atomic E-state index is 12.2. The Balaban J connectivity index is 1.83. The van der Waals surface area contributed by atoms with Crippen molar-refractivity contribution < 1.29 is 9.59 Å². The van der Waals surface area contributed by atoms with Crippen LogP contribution in [-0.2, 0) is 11.2 Å². The number of aryl methyl sites for hydroxylation is 1. The van der Waals surface area contributed by atoms with E-state index in [0.29, 0.717) is 11.4 Å². The lowest BCUT2D eigenvalue weighted by atomic mass is 10.1. The minimum atomic E-state index is -0.111. The highest BCUT2D eigenvalue weighted by molar-refractivity contribution is 7.12. The number of anilines is 2. The molecule has 0 saturated heterocycles. The molecule has 108 valence electrons. The first-order valence-electron chi connectivity index (χ1n) is 6.82. The summed E-state index contributed by atoms with van der Waals surface area (Å²) in [4.78, 5) is 26.2. The molecule has 2 aromatic rings. The molecule has 0 radical (unpaired) electrons. The standard InChI is InChI=1S/C16H16N2O2S/c1-10-7-15(21-9-10)16(20)17-13-4-3-12-5-6-18(11(2)19)14(12)8-13/h3-4,7-9H,5-6H2,1-2H3,(H,17,20). The molecule has 21 heavy (non-hydrogen) atoms. The molecule has 0 saturated carbocycles. The maximum absolute atomic E-state index is 12.2. The number of hydrogen-bond acceptors (Lipinski definition) is 3. The molecule has 0 fully saturated rings. The average molecular weight is 300 g/mol. The van der Waals surface area contributed by atoms with Crippen LogP contribution < -0.4 is 10.2 Å². The summed E-state index contributed by atoms with van der Waals surface area (Å²) < 4.78 is 0. The highest BCUT2D eigenvalue weighted by Crippen LogP contribution is 2.31. The fourth-order valence-corrected chi connectivity index (χ4v) is 3.32. The number of carbonyl (C=O) groups excluding carboxylic acids is 2. The van der Waals surface area contributed by atoms with Crippen molar-refractivity contribution in [3.05, 3.63) is 45.6 Å². The van der Waals surface area contributed by atoms with E-state index in [1.54, 1.807) is 11.8 Å². The summed E-state index contributed by atoms with van der Waals surface area (Å²) in [5.74, 6) is -0.0773. The number of nitrogens with one attached hydrogen (secondary N) is 1. The second kappa shape index (κ2) is 5.33. The van der Waals surface area contributed by atoms with Gasteiger partial charge in [0.25, 0.3) is 5.91 Å². The molecule has 4 nitrogen and oxygen atoms in total. The summed E-state index contributed by atoms with van der Waals surface area (Å²) >= 11 is 1.43. The van der Waals surface area contributed by atoms with Crippen LogP contribution in [0.25, 0.3) is 0 Å². The Bertz CT molecular complexity index is 721. The van der Waals surface area contributed by atoms with Gasteiger partial charge in [0.2, 0.25) is 5.91 Å². The van der Waals surface area contributed by atoms with Crippen LogP contribution in [0.4, 0.5) is 11.4 Å². The number of hydrogen-bond donors (Lipinski definition) is 1. The van der Waals surface area contributed by atoms with Gasteiger partial charge in [0.1, 0.15) is 0 Å².